The summed E-state index contributed by atoms with van der Waals surface area (Å²) in [4.78, 5) is 0. The molecule has 0 aromatic rings. The molecule has 2 aliphatic rings. The molecule has 2 unspecified atom stereocenters. The van der Waals surface area contributed by atoms with Gasteiger partial charge in [0.25, 0.3) is 0 Å². The summed E-state index contributed by atoms with van der Waals surface area (Å²) in [6.07, 6.45) is 16.5. The van der Waals surface area contributed by atoms with Gasteiger partial charge < -0.3 is 5.32 Å². The molecule has 2 heteroatoms. The van der Waals surface area contributed by atoms with Gasteiger partial charge in [-0.15, -0.1) is 0 Å². The summed E-state index contributed by atoms with van der Waals surface area (Å²) in [5.74, 6) is 1.38. The summed E-state index contributed by atoms with van der Waals surface area (Å²) in [6.45, 7) is 3.46. The van der Waals surface area contributed by atoms with Crippen LogP contribution in [0, 0.1) is 0 Å². The first-order chi connectivity index (χ1) is 9.42. The predicted octanol–water partition coefficient (Wildman–Crippen LogP) is 4.92. The smallest absolute Gasteiger partial charge is 0.0399 e. The second-order valence-electron chi connectivity index (χ2n) is 6.07. The Morgan fingerprint density at radius 2 is 2.11 bits per heavy atom. The SMILES string of the molecule is CCCNC(C1=CCCCCCC1)C1CCCCS1. The van der Waals surface area contributed by atoms with Crippen LogP contribution >= 0.6 is 11.8 Å². The Labute approximate surface area is 124 Å². The number of rotatable bonds is 5. The van der Waals surface area contributed by atoms with Crippen LogP contribution in [0.1, 0.15) is 71.1 Å². The van der Waals surface area contributed by atoms with Crippen molar-refractivity contribution in [3.63, 3.8) is 0 Å². The maximum absolute atomic E-state index is 3.87. The minimum atomic E-state index is 0.670. The third-order valence-electron chi connectivity index (χ3n) is 4.43. The van der Waals surface area contributed by atoms with Crippen LogP contribution in [0.4, 0.5) is 0 Å². The van der Waals surface area contributed by atoms with E-state index in [1.54, 1.807) is 5.57 Å². The third kappa shape index (κ3) is 5.15. The van der Waals surface area contributed by atoms with E-state index in [1.807, 2.05) is 0 Å². The number of hydrogen-bond donors (Lipinski definition) is 1. The Bertz CT molecular complexity index is 268. The van der Waals surface area contributed by atoms with Crippen molar-refractivity contribution in [2.24, 2.45) is 0 Å². The Hall–Kier alpha value is 0.0500. The fourth-order valence-electron chi connectivity index (χ4n) is 3.33. The molecule has 0 aromatic heterocycles. The van der Waals surface area contributed by atoms with Gasteiger partial charge in [0.1, 0.15) is 0 Å². The maximum atomic E-state index is 3.87. The van der Waals surface area contributed by atoms with Crippen molar-refractivity contribution in [2.75, 3.05) is 12.3 Å². The van der Waals surface area contributed by atoms with Crippen LogP contribution in [0.15, 0.2) is 11.6 Å². The molecule has 1 aliphatic carbocycles. The van der Waals surface area contributed by atoms with Crippen molar-refractivity contribution in [3.8, 4) is 0 Å². The van der Waals surface area contributed by atoms with E-state index in [1.165, 1.54) is 76.5 Å². The summed E-state index contributed by atoms with van der Waals surface area (Å²) >= 11 is 2.22. The second-order valence-corrected chi connectivity index (χ2v) is 7.42. The molecule has 19 heavy (non-hydrogen) atoms. The van der Waals surface area contributed by atoms with E-state index in [2.05, 4.69) is 30.1 Å². The van der Waals surface area contributed by atoms with Gasteiger partial charge in [0, 0.05) is 11.3 Å². The average Bonchev–Trinajstić information content (AvgIpc) is 2.42. The first-order valence-electron chi connectivity index (χ1n) is 8.45. The largest absolute Gasteiger partial charge is 0.309 e. The van der Waals surface area contributed by atoms with E-state index in [0.29, 0.717) is 6.04 Å². The predicted molar refractivity (Wildman–Crippen MR) is 88.0 cm³/mol. The molecular formula is C17H31NS. The summed E-state index contributed by atoms with van der Waals surface area (Å²) in [5.41, 5.74) is 1.74. The lowest BCUT2D eigenvalue weighted by Gasteiger charge is -2.33. The molecule has 2 rings (SSSR count). The lowest BCUT2D eigenvalue weighted by molar-refractivity contribution is 0.484. The number of allylic oxidation sites excluding steroid dienone is 1. The van der Waals surface area contributed by atoms with Gasteiger partial charge in [0.05, 0.1) is 0 Å². The van der Waals surface area contributed by atoms with Crippen LogP contribution in [0.2, 0.25) is 0 Å². The Morgan fingerprint density at radius 1 is 1.21 bits per heavy atom. The van der Waals surface area contributed by atoms with Crippen molar-refractivity contribution in [1.29, 1.82) is 0 Å². The van der Waals surface area contributed by atoms with Gasteiger partial charge in [-0.2, -0.15) is 11.8 Å². The van der Waals surface area contributed by atoms with Crippen molar-refractivity contribution in [2.45, 2.75) is 82.4 Å². The summed E-state index contributed by atoms with van der Waals surface area (Å²) in [5, 5.41) is 4.71. The fraction of sp³-hybridized carbons (Fsp3) is 0.882. The van der Waals surface area contributed by atoms with Crippen LogP contribution < -0.4 is 5.32 Å². The molecule has 0 radical (unpaired) electrons. The Morgan fingerprint density at radius 3 is 2.89 bits per heavy atom. The molecule has 1 fully saturated rings. The van der Waals surface area contributed by atoms with E-state index >= 15 is 0 Å². The van der Waals surface area contributed by atoms with Crippen molar-refractivity contribution < 1.29 is 0 Å². The zero-order valence-corrected chi connectivity index (χ0v) is 13.4. The van der Waals surface area contributed by atoms with Crippen LogP contribution in [-0.2, 0) is 0 Å². The molecule has 0 spiro atoms. The topological polar surface area (TPSA) is 12.0 Å². The van der Waals surface area contributed by atoms with Gasteiger partial charge in [-0.25, -0.2) is 0 Å². The normalized spacial score (nSPS) is 27.2. The molecule has 1 saturated heterocycles. The zero-order valence-electron chi connectivity index (χ0n) is 12.6. The molecule has 1 nitrogen and oxygen atoms in total. The van der Waals surface area contributed by atoms with Gasteiger partial charge in [-0.3, -0.25) is 0 Å². The number of thioether (sulfide) groups is 1. The van der Waals surface area contributed by atoms with E-state index in [9.17, 15) is 0 Å². The molecule has 1 N–H and O–H groups in total. The highest BCUT2D eigenvalue weighted by molar-refractivity contribution is 8.00. The van der Waals surface area contributed by atoms with E-state index < -0.39 is 0 Å². The highest BCUT2D eigenvalue weighted by atomic mass is 32.2. The van der Waals surface area contributed by atoms with Crippen LogP contribution in [0.5, 0.6) is 0 Å². The Kier molecular flexibility index (Phi) is 7.37. The molecule has 0 bridgehead atoms. The summed E-state index contributed by atoms with van der Waals surface area (Å²) in [7, 11) is 0. The Balaban J connectivity index is 2.00. The average molecular weight is 282 g/mol. The summed E-state index contributed by atoms with van der Waals surface area (Å²) < 4.78 is 0. The van der Waals surface area contributed by atoms with Crippen molar-refractivity contribution in [3.05, 3.63) is 11.6 Å². The first kappa shape index (κ1) is 15.4. The highest BCUT2D eigenvalue weighted by Gasteiger charge is 2.26. The quantitative estimate of drug-likeness (QED) is 0.718. The molecule has 110 valence electrons. The van der Waals surface area contributed by atoms with Gasteiger partial charge in [-0.05, 0) is 57.2 Å². The van der Waals surface area contributed by atoms with E-state index in [0.717, 1.165) is 5.25 Å². The van der Waals surface area contributed by atoms with Crippen molar-refractivity contribution in [1.82, 2.24) is 5.32 Å². The van der Waals surface area contributed by atoms with Gasteiger partial charge in [0.2, 0.25) is 0 Å². The number of hydrogen-bond acceptors (Lipinski definition) is 2. The molecule has 2 atom stereocenters. The van der Waals surface area contributed by atoms with E-state index in [-0.39, 0.29) is 0 Å². The van der Waals surface area contributed by atoms with Crippen LogP contribution in [0.3, 0.4) is 0 Å². The minimum absolute atomic E-state index is 0.670. The molecule has 0 saturated carbocycles. The summed E-state index contributed by atoms with van der Waals surface area (Å²) in [6, 6.07) is 0.670. The molecule has 0 amide bonds. The van der Waals surface area contributed by atoms with Gasteiger partial charge in [0.15, 0.2) is 0 Å². The van der Waals surface area contributed by atoms with E-state index in [4.69, 9.17) is 0 Å². The lowest BCUT2D eigenvalue weighted by Crippen LogP contribution is -2.41. The standard InChI is InChI=1S/C17H31NS/c1-2-13-18-17(16-12-8-9-14-19-16)15-10-6-4-3-5-7-11-15/h10,16-18H,2-9,11-14H2,1H3. The second kappa shape index (κ2) is 9.07. The zero-order chi connectivity index (χ0) is 13.3. The third-order valence-corrected chi connectivity index (χ3v) is 5.89. The van der Waals surface area contributed by atoms with Crippen molar-refractivity contribution >= 4 is 11.8 Å². The minimum Gasteiger partial charge on any atom is -0.309 e. The highest BCUT2D eigenvalue weighted by Crippen LogP contribution is 2.32. The number of nitrogens with one attached hydrogen (secondary N) is 1. The lowest BCUT2D eigenvalue weighted by atomic mass is 9.91. The first-order valence-corrected chi connectivity index (χ1v) is 9.50. The van der Waals surface area contributed by atoms with Gasteiger partial charge >= 0.3 is 0 Å². The van der Waals surface area contributed by atoms with Gasteiger partial charge in [-0.1, -0.05) is 37.8 Å². The molecular weight excluding hydrogens is 250 g/mol. The molecule has 0 aromatic carbocycles. The monoisotopic (exact) mass is 281 g/mol. The van der Waals surface area contributed by atoms with Crippen LogP contribution in [-0.4, -0.2) is 23.6 Å². The fourth-order valence-corrected chi connectivity index (χ4v) is 4.80. The maximum Gasteiger partial charge on any atom is 0.0399 e. The van der Waals surface area contributed by atoms with Crippen LogP contribution in [0.25, 0.3) is 0 Å². The molecule has 1 heterocycles. The molecule has 1 aliphatic heterocycles.